The van der Waals surface area contributed by atoms with Crippen LogP contribution in [0.3, 0.4) is 0 Å². The van der Waals surface area contributed by atoms with Gasteiger partial charge in [-0.15, -0.1) is 0 Å². The molecule has 2 aliphatic carbocycles. The van der Waals surface area contributed by atoms with Crippen LogP contribution < -0.4 is 0 Å². The fourth-order valence-corrected chi connectivity index (χ4v) is 8.74. The molecule has 2 aromatic heterocycles. The average molecular weight is 645 g/mol. The molecule has 2 heterocycles. The first-order valence-corrected chi connectivity index (χ1v) is 17.9. The van der Waals surface area contributed by atoms with E-state index < -0.39 is 0 Å². The van der Waals surface area contributed by atoms with Crippen molar-refractivity contribution in [2.24, 2.45) is 0 Å². The number of nitrogens with zero attached hydrogens (tertiary/aromatic N) is 2. The van der Waals surface area contributed by atoms with Crippen LogP contribution in [0.4, 0.5) is 0 Å². The summed E-state index contributed by atoms with van der Waals surface area (Å²) in [5, 5.41) is 0. The minimum absolute atomic E-state index is 0.0924. The van der Waals surface area contributed by atoms with Gasteiger partial charge >= 0.3 is 0 Å². The highest BCUT2D eigenvalue weighted by atomic mass is 14.7. The largest absolute Gasteiger partial charge is 0.256 e. The van der Waals surface area contributed by atoms with Crippen LogP contribution in [0.1, 0.15) is 70.2 Å². The number of hydrogen-bond donors (Lipinski definition) is 0. The summed E-state index contributed by atoms with van der Waals surface area (Å²) in [7, 11) is 0. The molecule has 2 heteroatoms. The minimum atomic E-state index is -0.0924. The predicted octanol–water partition coefficient (Wildman–Crippen LogP) is 11.4. The van der Waals surface area contributed by atoms with Crippen LogP contribution in [0, 0.1) is 0 Å². The molecule has 7 aromatic rings. The summed E-state index contributed by atoms with van der Waals surface area (Å²) in [5.41, 5.74) is 18.5. The molecule has 5 aromatic carbocycles. The van der Waals surface area contributed by atoms with E-state index in [9.17, 15) is 0 Å². The van der Waals surface area contributed by atoms with Crippen molar-refractivity contribution in [2.75, 3.05) is 0 Å². The Kier molecular flexibility index (Phi) is 7.54. The third-order valence-corrected chi connectivity index (χ3v) is 11.2. The number of rotatable bonds is 7. The van der Waals surface area contributed by atoms with E-state index in [0.717, 1.165) is 41.8 Å². The number of benzene rings is 5. The molecule has 9 rings (SSSR count). The van der Waals surface area contributed by atoms with Crippen LogP contribution in [-0.4, -0.2) is 9.97 Å². The maximum absolute atomic E-state index is 4.68. The van der Waals surface area contributed by atoms with Crippen molar-refractivity contribution >= 4 is 0 Å². The Morgan fingerprint density at radius 3 is 2.00 bits per heavy atom. The summed E-state index contributed by atoms with van der Waals surface area (Å²) >= 11 is 0. The van der Waals surface area contributed by atoms with Gasteiger partial charge in [-0.2, -0.15) is 0 Å². The summed E-state index contributed by atoms with van der Waals surface area (Å²) in [6.07, 6.45) is 6.68. The lowest BCUT2D eigenvalue weighted by atomic mass is 9.60. The van der Waals surface area contributed by atoms with Gasteiger partial charge in [0.15, 0.2) is 0 Å². The van der Waals surface area contributed by atoms with Crippen molar-refractivity contribution in [3.8, 4) is 33.6 Å². The molecule has 2 nitrogen and oxygen atoms in total. The first-order valence-electron chi connectivity index (χ1n) is 17.9. The quantitative estimate of drug-likeness (QED) is 0.173. The zero-order valence-corrected chi connectivity index (χ0v) is 28.7. The maximum atomic E-state index is 4.68. The number of hydrogen-bond acceptors (Lipinski definition) is 2. The second-order valence-corrected chi connectivity index (χ2v) is 14.6. The lowest BCUT2D eigenvalue weighted by Gasteiger charge is -2.43. The Morgan fingerprint density at radius 2 is 1.24 bits per heavy atom. The minimum Gasteiger partial charge on any atom is -0.256 e. The van der Waals surface area contributed by atoms with E-state index in [-0.39, 0.29) is 11.3 Å². The molecule has 0 saturated carbocycles. The van der Waals surface area contributed by atoms with E-state index >= 15 is 0 Å². The van der Waals surface area contributed by atoms with Crippen molar-refractivity contribution in [3.63, 3.8) is 0 Å². The molecule has 2 atom stereocenters. The molecule has 0 fully saturated rings. The van der Waals surface area contributed by atoms with E-state index in [1.807, 2.05) is 24.5 Å². The Hall–Kier alpha value is -5.60. The molecule has 0 radical (unpaired) electrons. The molecular weight excluding hydrogens is 605 g/mol. The highest BCUT2D eigenvalue weighted by molar-refractivity contribution is 5.79. The Bertz CT molecular complexity index is 2340. The lowest BCUT2D eigenvalue weighted by Crippen LogP contribution is -2.32. The molecule has 0 amide bonds. The van der Waals surface area contributed by atoms with Crippen LogP contribution in [0.5, 0.6) is 0 Å². The van der Waals surface area contributed by atoms with Gasteiger partial charge in [-0.1, -0.05) is 123 Å². The third kappa shape index (κ3) is 5.36. The molecule has 0 saturated heterocycles. The van der Waals surface area contributed by atoms with E-state index in [1.54, 1.807) is 0 Å². The fraction of sp³-hybridized carbons (Fsp3) is 0.167. The highest BCUT2D eigenvalue weighted by Gasteiger charge is 2.41. The topological polar surface area (TPSA) is 25.8 Å². The van der Waals surface area contributed by atoms with Crippen molar-refractivity contribution in [2.45, 2.75) is 50.4 Å². The molecular formula is C48H40N2. The van der Waals surface area contributed by atoms with Crippen molar-refractivity contribution < 1.29 is 0 Å². The SMILES string of the molecule is CC1(C)c2cc(CC(Cc3cccc(-c4ccccn4)c3)c3cccc(-c4ccccn4)c3)ccc2C2Cc3ccccc3-c3cccc1c32. The van der Waals surface area contributed by atoms with E-state index in [1.165, 1.54) is 55.6 Å². The van der Waals surface area contributed by atoms with Gasteiger partial charge in [-0.05, 0) is 117 Å². The van der Waals surface area contributed by atoms with Crippen LogP contribution in [0.2, 0.25) is 0 Å². The van der Waals surface area contributed by atoms with E-state index in [2.05, 4.69) is 157 Å². The normalized spacial score (nSPS) is 15.8. The average Bonchev–Trinajstić information content (AvgIpc) is 3.17. The second-order valence-electron chi connectivity index (χ2n) is 14.6. The van der Waals surface area contributed by atoms with Gasteiger partial charge in [-0.3, -0.25) is 9.97 Å². The Balaban J connectivity index is 1.11. The molecule has 2 aliphatic rings. The summed E-state index contributed by atoms with van der Waals surface area (Å²) < 4.78 is 0. The number of fused-ring (bicyclic) bond motifs is 4. The molecule has 242 valence electrons. The van der Waals surface area contributed by atoms with Crippen LogP contribution in [-0.2, 0) is 24.7 Å². The molecule has 0 N–H and O–H groups in total. The van der Waals surface area contributed by atoms with Crippen molar-refractivity contribution in [1.29, 1.82) is 0 Å². The monoisotopic (exact) mass is 644 g/mol. The molecule has 2 unspecified atom stereocenters. The standard InChI is InChI=1S/C48H40N2/c1-48(2)43-19-11-18-41-39-17-4-3-13-35(39)31-42(47(41)43)40-23-22-33(29-44(40)48)28-38(34-14-10-16-37(30-34)46-21-6-8-25-50-46)27-32-12-9-15-36(26-32)45-20-5-7-24-49-45/h3-26,29-30,38,42H,27-28,31H2,1-2H3. The highest BCUT2D eigenvalue weighted by Crippen LogP contribution is 2.54. The van der Waals surface area contributed by atoms with Gasteiger partial charge in [0.2, 0.25) is 0 Å². The number of pyridine rings is 2. The summed E-state index contributed by atoms with van der Waals surface area (Å²) in [6, 6.07) is 53.7. The van der Waals surface area contributed by atoms with Gasteiger partial charge < -0.3 is 0 Å². The predicted molar refractivity (Wildman–Crippen MR) is 205 cm³/mol. The van der Waals surface area contributed by atoms with Gasteiger partial charge in [0, 0.05) is 34.9 Å². The molecule has 0 aliphatic heterocycles. The number of aromatic nitrogens is 2. The summed E-state index contributed by atoms with van der Waals surface area (Å²) in [6.45, 7) is 4.86. The van der Waals surface area contributed by atoms with Gasteiger partial charge in [0.05, 0.1) is 11.4 Å². The van der Waals surface area contributed by atoms with Gasteiger partial charge in [0.25, 0.3) is 0 Å². The molecule has 0 spiro atoms. The zero-order chi connectivity index (χ0) is 33.7. The first-order chi connectivity index (χ1) is 24.5. The summed E-state index contributed by atoms with van der Waals surface area (Å²) in [4.78, 5) is 9.32. The maximum Gasteiger partial charge on any atom is 0.0702 e. The molecule has 50 heavy (non-hydrogen) atoms. The second kappa shape index (κ2) is 12.4. The summed E-state index contributed by atoms with van der Waals surface area (Å²) in [5.74, 6) is 0.663. The molecule has 0 bridgehead atoms. The van der Waals surface area contributed by atoms with E-state index in [0.29, 0.717) is 5.92 Å². The smallest absolute Gasteiger partial charge is 0.0702 e. The van der Waals surface area contributed by atoms with Crippen LogP contribution in [0.15, 0.2) is 158 Å². The third-order valence-electron chi connectivity index (χ3n) is 11.2. The van der Waals surface area contributed by atoms with Crippen LogP contribution >= 0.6 is 0 Å². The fourth-order valence-electron chi connectivity index (χ4n) is 8.74. The van der Waals surface area contributed by atoms with Crippen molar-refractivity contribution in [3.05, 3.63) is 202 Å². The van der Waals surface area contributed by atoms with Gasteiger partial charge in [-0.25, -0.2) is 0 Å². The Morgan fingerprint density at radius 1 is 0.580 bits per heavy atom. The van der Waals surface area contributed by atoms with Gasteiger partial charge in [0.1, 0.15) is 0 Å². The van der Waals surface area contributed by atoms with Crippen LogP contribution in [0.25, 0.3) is 33.6 Å². The van der Waals surface area contributed by atoms with E-state index in [4.69, 9.17) is 0 Å². The lowest BCUT2D eigenvalue weighted by molar-refractivity contribution is 0.574. The zero-order valence-electron chi connectivity index (χ0n) is 28.7. The Labute approximate surface area is 295 Å². The van der Waals surface area contributed by atoms with Crippen molar-refractivity contribution in [1.82, 2.24) is 9.97 Å². The first kappa shape index (κ1) is 30.5.